The molecule has 1 aliphatic carbocycles. The van der Waals surface area contributed by atoms with Crippen LogP contribution in [-0.2, 0) is 17.6 Å². The minimum absolute atomic E-state index is 0.0209. The molecule has 4 heterocycles. The standard InChI is InChI=1S/C24H27F2N7O2/c25-20-11-15-9-18(10-16(15)12-21(20)26)29-23-27-13-17(14-28-23)22-30-31-24(35-22)33-3-1-19(2-4-33)32-5-7-34-8-6-32/h11-14,18-19H,1-10H2,(H,27,28,29). The van der Waals surface area contributed by atoms with Crippen LogP contribution >= 0.6 is 0 Å². The van der Waals surface area contributed by atoms with Crippen molar-refractivity contribution in [3.05, 3.63) is 47.3 Å². The van der Waals surface area contributed by atoms with E-state index in [0.29, 0.717) is 42.3 Å². The van der Waals surface area contributed by atoms with Crippen LogP contribution in [0, 0.1) is 11.6 Å². The van der Waals surface area contributed by atoms with Crippen molar-refractivity contribution in [3.63, 3.8) is 0 Å². The van der Waals surface area contributed by atoms with E-state index in [-0.39, 0.29) is 6.04 Å². The van der Waals surface area contributed by atoms with E-state index >= 15 is 0 Å². The zero-order valence-corrected chi connectivity index (χ0v) is 19.3. The Balaban J connectivity index is 1.05. The van der Waals surface area contributed by atoms with Crippen molar-refractivity contribution in [3.8, 4) is 11.5 Å². The maximum Gasteiger partial charge on any atom is 0.318 e. The highest BCUT2D eigenvalue weighted by Crippen LogP contribution is 2.28. The summed E-state index contributed by atoms with van der Waals surface area (Å²) in [5, 5.41) is 11.7. The van der Waals surface area contributed by atoms with Gasteiger partial charge in [0.2, 0.25) is 5.95 Å². The zero-order valence-electron chi connectivity index (χ0n) is 19.3. The van der Waals surface area contributed by atoms with Crippen molar-refractivity contribution in [2.45, 2.75) is 37.8 Å². The molecule has 184 valence electrons. The Kier molecular flexibility index (Phi) is 6.03. The van der Waals surface area contributed by atoms with E-state index in [0.717, 1.165) is 63.4 Å². The van der Waals surface area contributed by atoms with Crippen molar-refractivity contribution in [2.75, 3.05) is 49.6 Å². The van der Waals surface area contributed by atoms with Crippen LogP contribution in [0.15, 0.2) is 28.9 Å². The Morgan fingerprint density at radius 2 is 1.54 bits per heavy atom. The number of halogens is 2. The Bertz CT molecular complexity index is 1140. The van der Waals surface area contributed by atoms with Crippen LogP contribution in [0.5, 0.6) is 0 Å². The summed E-state index contributed by atoms with van der Waals surface area (Å²) < 4.78 is 38.4. The smallest absolute Gasteiger partial charge is 0.318 e. The molecular formula is C24H27F2N7O2. The Morgan fingerprint density at radius 1 is 0.886 bits per heavy atom. The fourth-order valence-corrected chi connectivity index (χ4v) is 5.23. The van der Waals surface area contributed by atoms with Crippen LogP contribution in [0.4, 0.5) is 20.7 Å². The molecule has 0 atom stereocenters. The predicted molar refractivity (Wildman–Crippen MR) is 124 cm³/mol. The topological polar surface area (TPSA) is 92.4 Å². The second kappa shape index (κ2) is 9.46. The number of aromatic nitrogens is 4. The van der Waals surface area contributed by atoms with Gasteiger partial charge in [-0.25, -0.2) is 18.7 Å². The Hall–Kier alpha value is -3.18. The highest BCUT2D eigenvalue weighted by atomic mass is 19.2. The van der Waals surface area contributed by atoms with E-state index in [1.807, 2.05) is 0 Å². The van der Waals surface area contributed by atoms with E-state index in [4.69, 9.17) is 9.15 Å². The lowest BCUT2D eigenvalue weighted by Crippen LogP contribution is -2.49. The molecule has 0 bridgehead atoms. The highest BCUT2D eigenvalue weighted by molar-refractivity contribution is 5.52. The summed E-state index contributed by atoms with van der Waals surface area (Å²) in [7, 11) is 0. The van der Waals surface area contributed by atoms with Crippen molar-refractivity contribution in [1.82, 2.24) is 25.1 Å². The monoisotopic (exact) mass is 483 g/mol. The molecule has 11 heteroatoms. The van der Waals surface area contributed by atoms with Gasteiger partial charge in [-0.3, -0.25) is 4.90 Å². The largest absolute Gasteiger partial charge is 0.403 e. The molecule has 0 unspecified atom stereocenters. The van der Waals surface area contributed by atoms with Crippen molar-refractivity contribution in [2.24, 2.45) is 0 Å². The molecule has 2 aromatic heterocycles. The van der Waals surface area contributed by atoms with Gasteiger partial charge in [-0.15, -0.1) is 5.10 Å². The molecule has 0 amide bonds. The van der Waals surface area contributed by atoms with Crippen LogP contribution in [0.25, 0.3) is 11.5 Å². The minimum Gasteiger partial charge on any atom is -0.403 e. The van der Waals surface area contributed by atoms with Gasteiger partial charge in [0.05, 0.1) is 18.8 Å². The van der Waals surface area contributed by atoms with Crippen LogP contribution in [-0.4, -0.2) is 76.5 Å². The fraction of sp³-hybridized carbons (Fsp3) is 0.500. The molecule has 2 saturated heterocycles. The highest BCUT2D eigenvalue weighted by Gasteiger charge is 2.28. The summed E-state index contributed by atoms with van der Waals surface area (Å²) in [6, 6.07) is 3.62. The average molecular weight is 484 g/mol. The minimum atomic E-state index is -0.814. The number of nitrogens with zero attached hydrogens (tertiary/aromatic N) is 6. The van der Waals surface area contributed by atoms with Crippen molar-refractivity contribution < 1.29 is 17.9 Å². The second-order valence-corrected chi connectivity index (χ2v) is 9.34. The SMILES string of the molecule is Fc1cc2c(cc1F)CC(Nc1ncc(-c3nnc(N4CCC(N5CCOCC5)CC4)o3)cn1)C2. The van der Waals surface area contributed by atoms with E-state index in [2.05, 4.69) is 35.3 Å². The van der Waals surface area contributed by atoms with Gasteiger partial charge < -0.3 is 19.4 Å². The van der Waals surface area contributed by atoms with E-state index in [9.17, 15) is 8.78 Å². The Morgan fingerprint density at radius 3 is 2.20 bits per heavy atom. The third-order valence-corrected chi connectivity index (χ3v) is 7.12. The first-order valence-corrected chi connectivity index (χ1v) is 12.1. The summed E-state index contributed by atoms with van der Waals surface area (Å²) in [4.78, 5) is 13.4. The first-order chi connectivity index (χ1) is 17.1. The first kappa shape index (κ1) is 22.3. The first-order valence-electron chi connectivity index (χ1n) is 12.1. The van der Waals surface area contributed by atoms with Crippen LogP contribution in [0.2, 0.25) is 0 Å². The predicted octanol–water partition coefficient (Wildman–Crippen LogP) is 2.69. The second-order valence-electron chi connectivity index (χ2n) is 9.34. The van der Waals surface area contributed by atoms with Gasteiger partial charge >= 0.3 is 6.01 Å². The van der Waals surface area contributed by atoms with E-state index in [1.54, 1.807) is 12.4 Å². The normalized spacial score (nSPS) is 19.8. The van der Waals surface area contributed by atoms with Gasteiger partial charge in [-0.05, 0) is 48.9 Å². The lowest BCUT2D eigenvalue weighted by atomic mass is 10.0. The number of rotatable bonds is 5. The molecule has 3 aliphatic rings. The summed E-state index contributed by atoms with van der Waals surface area (Å²) in [5.41, 5.74) is 2.26. The van der Waals surface area contributed by atoms with E-state index in [1.165, 1.54) is 12.1 Å². The number of fused-ring (bicyclic) bond motifs is 1. The third-order valence-electron chi connectivity index (χ3n) is 7.12. The maximum atomic E-state index is 13.5. The number of morpholine rings is 1. The van der Waals surface area contributed by atoms with Crippen molar-refractivity contribution in [1.29, 1.82) is 0 Å². The number of anilines is 2. The lowest BCUT2D eigenvalue weighted by Gasteiger charge is -2.39. The van der Waals surface area contributed by atoms with Gasteiger partial charge in [0.25, 0.3) is 5.89 Å². The third kappa shape index (κ3) is 4.70. The number of hydrogen-bond donors (Lipinski definition) is 1. The molecular weight excluding hydrogens is 456 g/mol. The number of nitrogens with one attached hydrogen (secondary N) is 1. The molecule has 9 nitrogen and oxygen atoms in total. The molecule has 0 spiro atoms. The van der Waals surface area contributed by atoms with Gasteiger partial charge in [0, 0.05) is 50.7 Å². The van der Waals surface area contributed by atoms with Crippen molar-refractivity contribution >= 4 is 12.0 Å². The average Bonchev–Trinajstić information content (AvgIpc) is 3.53. The molecule has 1 aromatic carbocycles. The lowest BCUT2D eigenvalue weighted by molar-refractivity contribution is 0.0113. The van der Waals surface area contributed by atoms with Gasteiger partial charge in [-0.1, -0.05) is 5.10 Å². The van der Waals surface area contributed by atoms with Crippen LogP contribution in [0.3, 0.4) is 0 Å². The molecule has 6 rings (SSSR count). The summed E-state index contributed by atoms with van der Waals surface area (Å²) in [6.45, 7) is 5.40. The van der Waals surface area contributed by atoms with E-state index < -0.39 is 11.6 Å². The van der Waals surface area contributed by atoms with Gasteiger partial charge in [-0.2, -0.15) is 0 Å². The molecule has 3 aromatic rings. The number of hydrogen-bond acceptors (Lipinski definition) is 9. The van der Waals surface area contributed by atoms with Crippen LogP contribution < -0.4 is 10.2 Å². The summed E-state index contributed by atoms with van der Waals surface area (Å²) in [6.07, 6.45) is 6.58. The van der Waals surface area contributed by atoms with Gasteiger partial charge in [0.1, 0.15) is 0 Å². The molecule has 2 aliphatic heterocycles. The quantitative estimate of drug-likeness (QED) is 0.588. The summed E-state index contributed by atoms with van der Waals surface area (Å²) >= 11 is 0. The number of ether oxygens (including phenoxy) is 1. The van der Waals surface area contributed by atoms with Gasteiger partial charge in [0.15, 0.2) is 11.6 Å². The number of benzene rings is 1. The number of piperidine rings is 1. The molecule has 1 N–H and O–H groups in total. The summed E-state index contributed by atoms with van der Waals surface area (Å²) in [5.74, 6) is -0.811. The molecule has 0 radical (unpaired) electrons. The Labute approximate surface area is 201 Å². The van der Waals surface area contributed by atoms with Crippen LogP contribution in [0.1, 0.15) is 24.0 Å². The molecule has 0 saturated carbocycles. The maximum absolute atomic E-state index is 13.5. The zero-order chi connectivity index (χ0) is 23.8. The molecule has 2 fully saturated rings. The molecule has 35 heavy (non-hydrogen) atoms. The fourth-order valence-electron chi connectivity index (χ4n) is 5.23.